The summed E-state index contributed by atoms with van der Waals surface area (Å²) in [5.74, 6) is 1.60. The van der Waals surface area contributed by atoms with Crippen LogP contribution >= 0.6 is 0 Å². The maximum absolute atomic E-state index is 12.4. The number of hydrogen-bond acceptors (Lipinski definition) is 7. The van der Waals surface area contributed by atoms with Crippen molar-refractivity contribution in [1.82, 2.24) is 19.5 Å². The molecule has 0 radical (unpaired) electrons. The van der Waals surface area contributed by atoms with Crippen LogP contribution in [0.1, 0.15) is 6.42 Å². The molecule has 0 aliphatic heterocycles. The molecule has 0 saturated heterocycles. The van der Waals surface area contributed by atoms with Crippen molar-refractivity contribution in [3.05, 3.63) is 47.3 Å². The van der Waals surface area contributed by atoms with E-state index in [9.17, 15) is 4.79 Å². The SMILES string of the molecule is Cn1ccc2cc(Nc3cnccn3)nc(NCCCO)c2c1=O. The summed E-state index contributed by atoms with van der Waals surface area (Å²) in [5, 5.41) is 16.4. The van der Waals surface area contributed by atoms with Crippen LogP contribution in [0, 0.1) is 0 Å². The lowest BCUT2D eigenvalue weighted by Gasteiger charge is -2.12. The highest BCUT2D eigenvalue weighted by Crippen LogP contribution is 2.23. The second-order valence-electron chi connectivity index (χ2n) is 5.27. The van der Waals surface area contributed by atoms with E-state index >= 15 is 0 Å². The Morgan fingerprint density at radius 1 is 1.29 bits per heavy atom. The number of hydrogen-bond donors (Lipinski definition) is 3. The van der Waals surface area contributed by atoms with Gasteiger partial charge in [0.15, 0.2) is 0 Å². The molecule has 0 aromatic carbocycles. The highest BCUT2D eigenvalue weighted by Gasteiger charge is 2.11. The van der Waals surface area contributed by atoms with Gasteiger partial charge in [-0.05, 0) is 23.9 Å². The highest BCUT2D eigenvalue weighted by molar-refractivity contribution is 5.93. The van der Waals surface area contributed by atoms with Gasteiger partial charge in [-0.25, -0.2) is 9.97 Å². The van der Waals surface area contributed by atoms with Crippen LogP contribution in [0.4, 0.5) is 17.5 Å². The molecule has 8 nitrogen and oxygen atoms in total. The fraction of sp³-hybridized carbons (Fsp3) is 0.250. The summed E-state index contributed by atoms with van der Waals surface area (Å²) in [7, 11) is 1.70. The molecule has 0 unspecified atom stereocenters. The first-order valence-corrected chi connectivity index (χ1v) is 7.57. The molecule has 8 heteroatoms. The number of rotatable bonds is 6. The van der Waals surface area contributed by atoms with E-state index in [1.807, 2.05) is 6.07 Å². The first-order valence-electron chi connectivity index (χ1n) is 7.57. The number of nitrogens with zero attached hydrogens (tertiary/aromatic N) is 4. The summed E-state index contributed by atoms with van der Waals surface area (Å²) in [4.78, 5) is 25.1. The largest absolute Gasteiger partial charge is 0.396 e. The average molecular weight is 326 g/mol. The van der Waals surface area contributed by atoms with Gasteiger partial charge in [0, 0.05) is 38.8 Å². The number of aliphatic hydroxyl groups is 1. The smallest absolute Gasteiger partial charge is 0.261 e. The zero-order valence-electron chi connectivity index (χ0n) is 13.2. The Labute approximate surface area is 138 Å². The quantitative estimate of drug-likeness (QED) is 0.586. The van der Waals surface area contributed by atoms with E-state index in [0.29, 0.717) is 35.8 Å². The highest BCUT2D eigenvalue weighted by atomic mass is 16.3. The normalized spacial score (nSPS) is 10.8. The van der Waals surface area contributed by atoms with Gasteiger partial charge in [-0.1, -0.05) is 0 Å². The maximum atomic E-state index is 12.4. The summed E-state index contributed by atoms with van der Waals surface area (Å²) in [6.07, 6.45) is 7.05. The third kappa shape index (κ3) is 3.33. The van der Waals surface area contributed by atoms with Gasteiger partial charge < -0.3 is 20.3 Å². The van der Waals surface area contributed by atoms with Crippen LogP contribution in [0.2, 0.25) is 0 Å². The second-order valence-corrected chi connectivity index (χ2v) is 5.27. The molecule has 24 heavy (non-hydrogen) atoms. The molecule has 0 atom stereocenters. The van der Waals surface area contributed by atoms with Gasteiger partial charge in [0.2, 0.25) is 0 Å². The molecule has 3 aromatic heterocycles. The molecular weight excluding hydrogens is 308 g/mol. The Balaban J connectivity index is 2.05. The van der Waals surface area contributed by atoms with E-state index in [4.69, 9.17) is 5.11 Å². The average Bonchev–Trinajstić information content (AvgIpc) is 2.59. The summed E-state index contributed by atoms with van der Waals surface area (Å²) in [5.41, 5.74) is -0.127. The predicted octanol–water partition coefficient (Wildman–Crippen LogP) is 1.26. The molecule has 3 heterocycles. The topological polar surface area (TPSA) is 105 Å². The Kier molecular flexibility index (Phi) is 4.66. The zero-order valence-corrected chi connectivity index (χ0v) is 13.2. The van der Waals surface area contributed by atoms with Crippen molar-refractivity contribution in [3.63, 3.8) is 0 Å². The van der Waals surface area contributed by atoms with Crippen molar-refractivity contribution in [1.29, 1.82) is 0 Å². The monoisotopic (exact) mass is 326 g/mol. The number of nitrogens with one attached hydrogen (secondary N) is 2. The van der Waals surface area contributed by atoms with Gasteiger partial charge in [-0.2, -0.15) is 0 Å². The van der Waals surface area contributed by atoms with E-state index in [-0.39, 0.29) is 12.2 Å². The third-order valence-corrected chi connectivity index (χ3v) is 3.51. The molecule has 3 N–H and O–H groups in total. The standard InChI is InChI=1S/C16H18N6O2/c1-22-7-3-11-9-12(20-13-10-17-5-6-18-13)21-15(14(11)16(22)24)19-4-2-8-23/h3,5-7,9-10,23H,2,4,8H2,1H3,(H2,18,19,20,21). The lowest BCUT2D eigenvalue weighted by Crippen LogP contribution is -2.18. The lowest BCUT2D eigenvalue weighted by molar-refractivity contribution is 0.292. The van der Waals surface area contributed by atoms with Crippen LogP contribution in [0.15, 0.2) is 41.7 Å². The van der Waals surface area contributed by atoms with Crippen LogP contribution in [0.3, 0.4) is 0 Å². The zero-order chi connectivity index (χ0) is 16.9. The number of fused-ring (bicyclic) bond motifs is 1. The van der Waals surface area contributed by atoms with Crippen LogP contribution in [-0.2, 0) is 7.05 Å². The maximum Gasteiger partial charge on any atom is 0.261 e. The summed E-state index contributed by atoms with van der Waals surface area (Å²) < 4.78 is 1.51. The molecule has 0 saturated carbocycles. The minimum Gasteiger partial charge on any atom is -0.396 e. The fourth-order valence-electron chi connectivity index (χ4n) is 2.33. The molecular formula is C16H18N6O2. The minimum absolute atomic E-state index is 0.0699. The summed E-state index contributed by atoms with van der Waals surface area (Å²) in [6, 6.07) is 3.65. The van der Waals surface area contributed by atoms with Crippen molar-refractivity contribution in [2.24, 2.45) is 7.05 Å². The molecule has 0 aliphatic carbocycles. The van der Waals surface area contributed by atoms with E-state index in [0.717, 1.165) is 5.39 Å². The van der Waals surface area contributed by atoms with Crippen LogP contribution in [0.5, 0.6) is 0 Å². The van der Waals surface area contributed by atoms with Gasteiger partial charge >= 0.3 is 0 Å². The predicted molar refractivity (Wildman–Crippen MR) is 92.5 cm³/mol. The van der Waals surface area contributed by atoms with Crippen LogP contribution < -0.4 is 16.2 Å². The van der Waals surface area contributed by atoms with Crippen LogP contribution in [-0.4, -0.2) is 37.8 Å². The molecule has 3 rings (SSSR count). The first kappa shape index (κ1) is 15.9. The number of anilines is 3. The molecule has 124 valence electrons. The van der Waals surface area contributed by atoms with E-state index in [1.54, 1.807) is 37.9 Å². The van der Waals surface area contributed by atoms with Gasteiger partial charge in [-0.3, -0.25) is 9.78 Å². The Morgan fingerprint density at radius 2 is 2.17 bits per heavy atom. The molecule has 0 fully saturated rings. The first-order chi connectivity index (χ1) is 11.7. The summed E-state index contributed by atoms with van der Waals surface area (Å²) in [6.45, 7) is 0.589. The van der Waals surface area contributed by atoms with Crippen LogP contribution in [0.25, 0.3) is 10.8 Å². The second kappa shape index (κ2) is 7.05. The number of aromatic nitrogens is 4. The van der Waals surface area contributed by atoms with Crippen molar-refractivity contribution in [2.75, 3.05) is 23.8 Å². The lowest BCUT2D eigenvalue weighted by atomic mass is 10.2. The minimum atomic E-state index is -0.127. The molecule has 0 spiro atoms. The fourth-order valence-corrected chi connectivity index (χ4v) is 2.33. The van der Waals surface area contributed by atoms with E-state index in [1.165, 1.54) is 4.57 Å². The molecule has 3 aromatic rings. The van der Waals surface area contributed by atoms with Crippen molar-refractivity contribution in [2.45, 2.75) is 6.42 Å². The van der Waals surface area contributed by atoms with Crippen molar-refractivity contribution < 1.29 is 5.11 Å². The number of aliphatic hydroxyl groups excluding tert-OH is 1. The van der Waals surface area contributed by atoms with Gasteiger partial charge in [0.25, 0.3) is 5.56 Å². The Hall–Kier alpha value is -3.00. The molecule has 0 aliphatic rings. The Bertz CT molecular complexity index is 894. The number of pyridine rings is 2. The van der Waals surface area contributed by atoms with E-state index < -0.39 is 0 Å². The van der Waals surface area contributed by atoms with Gasteiger partial charge in [0.05, 0.1) is 11.6 Å². The Morgan fingerprint density at radius 3 is 2.92 bits per heavy atom. The summed E-state index contributed by atoms with van der Waals surface area (Å²) >= 11 is 0. The molecule has 0 amide bonds. The van der Waals surface area contributed by atoms with Gasteiger partial charge in [-0.15, -0.1) is 0 Å². The van der Waals surface area contributed by atoms with Crippen molar-refractivity contribution >= 4 is 28.2 Å². The number of aryl methyl sites for hydroxylation is 1. The van der Waals surface area contributed by atoms with Gasteiger partial charge in [0.1, 0.15) is 17.5 Å². The molecule has 0 bridgehead atoms. The third-order valence-electron chi connectivity index (χ3n) is 3.51. The van der Waals surface area contributed by atoms with Crippen molar-refractivity contribution in [3.8, 4) is 0 Å². The van der Waals surface area contributed by atoms with E-state index in [2.05, 4.69) is 25.6 Å².